The summed E-state index contributed by atoms with van der Waals surface area (Å²) < 4.78 is 113. The number of halogens is 1. The molecule has 0 radical (unpaired) electrons. The molecule has 3 atom stereocenters. The van der Waals surface area contributed by atoms with E-state index < -0.39 is 77.1 Å². The van der Waals surface area contributed by atoms with Crippen LogP contribution >= 0.6 is 0 Å². The number of nitrogens with zero attached hydrogens (tertiary/aromatic N) is 4. The molecule has 25 heteroatoms. The summed E-state index contributed by atoms with van der Waals surface area (Å²) >= 11 is 0. The minimum absolute atomic E-state index is 0.0581. The van der Waals surface area contributed by atoms with Crippen LogP contribution in [0.25, 0.3) is 0 Å². The largest absolute Gasteiger partial charge is 0.479 e. The molecule has 8 aromatic rings. The third kappa shape index (κ3) is 36.8. The molecule has 686 valence electrons. The first-order chi connectivity index (χ1) is 60.3. The van der Waals surface area contributed by atoms with Crippen molar-refractivity contribution in [2.45, 2.75) is 195 Å². The average molecular weight is 1800 g/mol. The molecule has 2 N–H and O–H groups in total. The van der Waals surface area contributed by atoms with Gasteiger partial charge in [0.05, 0.1) is 37.6 Å². The molecule has 0 aromatic heterocycles. The highest BCUT2D eigenvalue weighted by Gasteiger charge is 2.40. The maximum atomic E-state index is 13.4. The van der Waals surface area contributed by atoms with Gasteiger partial charge in [-0.05, 0) is 246 Å². The number of hydrogen-bond acceptors (Lipinski definition) is 16. The van der Waals surface area contributed by atoms with Gasteiger partial charge in [-0.25, -0.2) is 39.4 Å². The van der Waals surface area contributed by atoms with Crippen molar-refractivity contribution in [1.82, 2.24) is 23.1 Å². The van der Waals surface area contributed by atoms with E-state index in [1.54, 1.807) is 77.0 Å². The summed E-state index contributed by atoms with van der Waals surface area (Å²) in [6, 6.07) is 67.7. The number of nitrogens with one attached hydrogen (secondary N) is 1. The van der Waals surface area contributed by atoms with Gasteiger partial charge in [0, 0.05) is 74.5 Å². The first-order valence-corrected chi connectivity index (χ1v) is 49.2. The second-order valence-corrected chi connectivity index (χ2v) is 41.0. The molecule has 0 spiro atoms. The van der Waals surface area contributed by atoms with Crippen LogP contribution in [-0.2, 0) is 89.1 Å². The summed E-state index contributed by atoms with van der Waals surface area (Å²) in [6.45, 7) is 24.2. The zero-order valence-corrected chi connectivity index (χ0v) is 78.5. The van der Waals surface area contributed by atoms with Gasteiger partial charge in [0.1, 0.15) is 17.2 Å². The number of esters is 2. The van der Waals surface area contributed by atoms with Crippen LogP contribution in [0.3, 0.4) is 0 Å². The topological polar surface area (TPSA) is 270 Å². The molecule has 5 fully saturated rings. The normalized spacial score (nSPS) is 17.6. The van der Waals surface area contributed by atoms with Crippen LogP contribution in [0.15, 0.2) is 218 Å². The van der Waals surface area contributed by atoms with Gasteiger partial charge in [0.25, 0.3) is 10.0 Å². The van der Waals surface area contributed by atoms with Gasteiger partial charge in [0.2, 0.25) is 26.0 Å². The van der Waals surface area contributed by atoms with Crippen LogP contribution in [0, 0.1) is 67.4 Å². The lowest BCUT2D eigenvalue weighted by Gasteiger charge is -2.41. The minimum Gasteiger partial charge on any atom is -0.479 e. The number of ether oxygens (including phenoxy) is 4. The first kappa shape index (κ1) is 103. The molecular formula is C102H132FN5O16S3. The number of carboxylic acids is 1. The Balaban J connectivity index is 0.000000196. The molecule has 0 aliphatic carbocycles. The van der Waals surface area contributed by atoms with Crippen molar-refractivity contribution in [2.24, 2.45) is 29.6 Å². The van der Waals surface area contributed by atoms with E-state index in [0.717, 1.165) is 86.0 Å². The number of benzene rings is 8. The van der Waals surface area contributed by atoms with E-state index in [1.165, 1.54) is 106 Å². The fourth-order valence-corrected chi connectivity index (χ4v) is 19.3. The Morgan fingerprint density at radius 3 is 1.34 bits per heavy atom. The summed E-state index contributed by atoms with van der Waals surface area (Å²) in [6.07, 6.45) is 13.7. The summed E-state index contributed by atoms with van der Waals surface area (Å²) in [5.41, 5.74) is 10.3. The van der Waals surface area contributed by atoms with Crippen LogP contribution in [0.2, 0.25) is 0 Å². The number of aliphatic carboxylic acids is 1. The molecule has 5 saturated heterocycles. The number of rotatable bonds is 24. The van der Waals surface area contributed by atoms with Gasteiger partial charge < -0.3 is 34.3 Å². The maximum Gasteiger partial charge on any atom is 0.337 e. The van der Waals surface area contributed by atoms with Gasteiger partial charge in [-0.2, -0.15) is 12.7 Å². The molecule has 8 aromatic carbocycles. The SMILES string of the molecule is CC(C)C(=O)N(CC[C@@H]1C[C@H](CC(=O)OC(C)(C)C)OC(C)(C)O1)C(C(=O)O)c1ccc(F)cc1.COC(=O)c1ccc(C)cc1.CS(=O)(=O)N1CCC(Cc2ccccc2)CC1.Cc1ccc(C#CS(=O)(=O)N2CCC(Cc3ccccc3)CC2)cc1.Cc1ccc(C(=O)CS(=O)(=O)N2CCC(Cc3ccccc3)CC2)cc1.c1ccc(CC2CCNCC2)cc1. The van der Waals surface area contributed by atoms with Crippen molar-refractivity contribution >= 4 is 59.7 Å². The van der Waals surface area contributed by atoms with Gasteiger partial charge in [0.15, 0.2) is 17.6 Å². The summed E-state index contributed by atoms with van der Waals surface area (Å²) in [7, 11) is -8.68. The summed E-state index contributed by atoms with van der Waals surface area (Å²) in [5.74, 6) is 0.459. The van der Waals surface area contributed by atoms with Gasteiger partial charge in [-0.3, -0.25) is 14.4 Å². The Hall–Kier alpha value is -9.59. The molecule has 127 heavy (non-hydrogen) atoms. The fraction of sp³-hybridized carbons (Fsp3) is 0.461. The van der Waals surface area contributed by atoms with Gasteiger partial charge in [-0.1, -0.05) is 213 Å². The van der Waals surface area contributed by atoms with Crippen molar-refractivity contribution in [3.63, 3.8) is 0 Å². The highest BCUT2D eigenvalue weighted by atomic mass is 32.2. The van der Waals surface area contributed by atoms with Crippen molar-refractivity contribution in [3.8, 4) is 11.2 Å². The predicted octanol–water partition coefficient (Wildman–Crippen LogP) is 17.4. The van der Waals surface area contributed by atoms with Crippen LogP contribution in [0.5, 0.6) is 0 Å². The highest BCUT2D eigenvalue weighted by Crippen LogP contribution is 2.34. The number of sulfonamides is 3. The minimum atomic E-state index is -3.55. The van der Waals surface area contributed by atoms with Crippen molar-refractivity contribution in [2.75, 3.05) is 78.0 Å². The van der Waals surface area contributed by atoms with E-state index in [1.807, 2.05) is 99.6 Å². The number of Topliss-reactive ketones (excluding diaryl/α,β-unsaturated/α-hetero) is 1. The molecule has 5 heterocycles. The number of piperidine rings is 4. The van der Waals surface area contributed by atoms with Crippen molar-refractivity contribution in [3.05, 3.63) is 285 Å². The molecule has 5 aliphatic rings. The van der Waals surface area contributed by atoms with E-state index in [9.17, 15) is 58.7 Å². The third-order valence-electron chi connectivity index (χ3n) is 22.8. The van der Waals surface area contributed by atoms with Gasteiger partial charge in [-0.15, -0.1) is 0 Å². The average Bonchev–Trinajstić information content (AvgIpc) is 0.818. The second-order valence-electron chi connectivity index (χ2n) is 35.4. The summed E-state index contributed by atoms with van der Waals surface area (Å²) in [4.78, 5) is 62.1. The second kappa shape index (κ2) is 50.4. The molecule has 5 aliphatic heterocycles. The lowest BCUT2D eigenvalue weighted by molar-refractivity contribution is -0.301. The standard InChI is InChI=1S/C26H38FNO7.C21H25NO3S.C21H23NO2S.C13H19NO2S.C12H17N.C9H10O2/c1-16(2)23(30)28(22(24(31)32)17-8-10-18(27)11-9-17)13-12-19-14-20(34-26(6,7)33-19)15-21(29)35-25(3,4)5;1-17-7-9-20(10-8-17)21(23)16-26(24,25)22-13-11-19(12-14-22)15-18-5-3-2-4-6-18;1-18-7-9-19(10-8-18)13-16-25(23,24)22-14-11-21(12-15-22)17-20-5-3-2-4-6-20;1-17(15,16)14-9-7-13(8-10-14)11-12-5-3-2-4-6-12;1-2-4-11(5-3-1)10-12-6-8-13-9-7-12;1-7-3-5-8(6-4-7)9(10)11-2/h8-11,16,19-20,22H,12-15H2,1-7H3,(H,31,32);2-10,19H,11-16H2,1H3;2-10,21H,11-12,14-15,17H2,1H3;2-6,13H,7-11H2,1H3;1-5,12-13H,6-10H2;3-6H,1-2H3/t19-,20-,22?;;;;;/m1...../s1. The van der Waals surface area contributed by atoms with Crippen LogP contribution in [0.4, 0.5) is 4.39 Å². The van der Waals surface area contributed by atoms with Crippen LogP contribution in [0.1, 0.15) is 196 Å². The fourth-order valence-electron chi connectivity index (χ4n) is 16.0. The molecule has 0 saturated carbocycles. The van der Waals surface area contributed by atoms with Crippen LogP contribution in [-0.4, -0.2) is 179 Å². The number of ketones is 1. The summed E-state index contributed by atoms with van der Waals surface area (Å²) in [5, 5.41) is 15.8. The monoisotopic (exact) mass is 1800 g/mol. The molecule has 1 amide bonds. The zero-order valence-electron chi connectivity index (χ0n) is 76.0. The number of aryl methyl sites for hydroxylation is 3. The number of carbonyl (C=O) groups is 5. The molecule has 21 nitrogen and oxygen atoms in total. The zero-order chi connectivity index (χ0) is 92.3. The number of carboxylic acid groups (broad SMARTS) is 1. The molecule has 13 rings (SSSR count). The number of methoxy groups -OCH3 is 1. The smallest absolute Gasteiger partial charge is 0.337 e. The molecular weight excluding hydrogens is 1670 g/mol. The Morgan fingerprint density at radius 2 is 0.937 bits per heavy atom. The maximum absolute atomic E-state index is 13.4. The van der Waals surface area contributed by atoms with Crippen molar-refractivity contribution in [1.29, 1.82) is 0 Å². The van der Waals surface area contributed by atoms with Crippen molar-refractivity contribution < 1.29 is 77.7 Å². The van der Waals surface area contributed by atoms with E-state index in [-0.39, 0.29) is 42.7 Å². The first-order valence-electron chi connectivity index (χ1n) is 44.3. The number of carbonyl (C=O) groups excluding carboxylic acids is 4. The Kier molecular flexibility index (Phi) is 40.8. The number of amides is 1. The van der Waals surface area contributed by atoms with Crippen LogP contribution < -0.4 is 5.32 Å². The predicted molar refractivity (Wildman–Crippen MR) is 500 cm³/mol. The van der Waals surface area contributed by atoms with E-state index in [2.05, 4.69) is 112 Å². The third-order valence-corrected chi connectivity index (χ3v) is 27.3. The quantitative estimate of drug-likeness (QED) is 0.0323. The van der Waals surface area contributed by atoms with E-state index in [4.69, 9.17) is 14.2 Å². The van der Waals surface area contributed by atoms with E-state index >= 15 is 0 Å². The van der Waals surface area contributed by atoms with E-state index in [0.29, 0.717) is 86.6 Å². The molecule has 1 unspecified atom stereocenters. The highest BCUT2D eigenvalue weighted by molar-refractivity contribution is 7.93. The lowest BCUT2D eigenvalue weighted by Crippen LogP contribution is -2.48. The Bertz CT molecular complexity index is 5130. The number of hydrogen-bond donors (Lipinski definition) is 2. The van der Waals surface area contributed by atoms with Gasteiger partial charge >= 0.3 is 17.9 Å². The Morgan fingerprint density at radius 1 is 0.543 bits per heavy atom. The lowest BCUT2D eigenvalue weighted by atomic mass is 9.91. The Labute approximate surface area is 755 Å². The molecule has 0 bridgehead atoms.